The van der Waals surface area contributed by atoms with E-state index in [9.17, 15) is 14.7 Å². The zero-order valence-corrected chi connectivity index (χ0v) is 17.2. The Morgan fingerprint density at radius 1 is 1.07 bits per heavy atom. The van der Waals surface area contributed by atoms with Crippen molar-refractivity contribution in [1.29, 1.82) is 0 Å². The Kier molecular flexibility index (Phi) is 4.90. The van der Waals surface area contributed by atoms with E-state index >= 15 is 0 Å². The number of hydrogen-bond acceptors (Lipinski definition) is 3. The molecule has 0 saturated carbocycles. The molecule has 0 aliphatic heterocycles. The van der Waals surface area contributed by atoms with Gasteiger partial charge in [-0.2, -0.15) is 0 Å². The number of halogens is 1. The van der Waals surface area contributed by atoms with E-state index in [0.29, 0.717) is 21.3 Å². The van der Waals surface area contributed by atoms with Gasteiger partial charge in [0.05, 0.1) is 5.02 Å². The van der Waals surface area contributed by atoms with Gasteiger partial charge in [0.2, 0.25) is 0 Å². The summed E-state index contributed by atoms with van der Waals surface area (Å²) in [5.41, 5.74) is 4.58. The highest BCUT2D eigenvalue weighted by Gasteiger charge is 2.22. The summed E-state index contributed by atoms with van der Waals surface area (Å²) in [6.07, 6.45) is 0. The molecule has 0 atom stereocenters. The monoisotopic (exact) mass is 424 g/mol. The van der Waals surface area contributed by atoms with Gasteiger partial charge in [0.15, 0.2) is 0 Å². The fraction of sp³-hybridized carbons (Fsp3) is 0.0909. The summed E-state index contributed by atoms with van der Waals surface area (Å²) < 4.78 is 0. The topological polar surface area (TPSA) is 82.2 Å². The number of anilines is 1. The van der Waals surface area contributed by atoms with Crippen molar-refractivity contribution in [1.82, 2.24) is 4.98 Å². The van der Waals surface area contributed by atoms with Gasteiger partial charge in [0.1, 0.15) is 16.3 Å². The van der Waals surface area contributed by atoms with E-state index in [1.807, 2.05) is 50.2 Å². The first-order chi connectivity index (χ1) is 13.8. The van der Waals surface area contributed by atoms with Crippen LogP contribution in [0, 0.1) is 13.8 Å². The van der Waals surface area contributed by atoms with Crippen LogP contribution in [0.4, 0.5) is 5.00 Å². The number of carbonyl (C=O) groups excluding carboxylic acids is 1. The SMILES string of the molecule is Cc1ccc(-c2csc(NC(=O)c3cc4c(Cl)cc(C)cc4[nH]3)c2C(=O)O)cc1. The Labute approximate surface area is 176 Å². The van der Waals surface area contributed by atoms with Crippen molar-refractivity contribution in [2.24, 2.45) is 0 Å². The summed E-state index contributed by atoms with van der Waals surface area (Å²) in [6, 6.07) is 13.0. The number of hydrogen-bond donors (Lipinski definition) is 3. The van der Waals surface area contributed by atoms with E-state index in [4.69, 9.17) is 11.6 Å². The number of carboxylic acid groups (broad SMARTS) is 1. The predicted octanol–water partition coefficient (Wildman–Crippen LogP) is 6.12. The molecule has 0 aliphatic rings. The average Bonchev–Trinajstić information content (AvgIpc) is 3.27. The molecule has 0 fully saturated rings. The molecule has 5 nitrogen and oxygen atoms in total. The van der Waals surface area contributed by atoms with Gasteiger partial charge in [0, 0.05) is 21.8 Å². The third-order valence-electron chi connectivity index (χ3n) is 4.67. The number of amides is 1. The number of aromatic amines is 1. The number of carboxylic acids is 1. The summed E-state index contributed by atoms with van der Waals surface area (Å²) in [7, 11) is 0. The van der Waals surface area contributed by atoms with E-state index in [0.717, 1.165) is 27.6 Å². The second-order valence-corrected chi connectivity index (χ2v) is 8.16. The predicted molar refractivity (Wildman–Crippen MR) is 117 cm³/mol. The minimum atomic E-state index is -1.09. The lowest BCUT2D eigenvalue weighted by Crippen LogP contribution is -2.13. The standard InChI is InChI=1S/C22H17ClN2O3S/c1-11-3-5-13(6-4-11)15-10-29-21(19(15)22(27)28)25-20(26)18-9-14-16(23)7-12(2)8-17(14)24-18/h3-10,24H,1-2H3,(H,25,26)(H,27,28). The van der Waals surface area contributed by atoms with Gasteiger partial charge >= 0.3 is 5.97 Å². The molecule has 4 rings (SSSR count). The molecular weight excluding hydrogens is 408 g/mol. The summed E-state index contributed by atoms with van der Waals surface area (Å²) >= 11 is 7.45. The number of H-pyrrole nitrogens is 1. The van der Waals surface area contributed by atoms with E-state index in [2.05, 4.69) is 10.3 Å². The van der Waals surface area contributed by atoms with Crippen molar-refractivity contribution in [2.45, 2.75) is 13.8 Å². The molecule has 7 heteroatoms. The van der Waals surface area contributed by atoms with Gasteiger partial charge in [-0.15, -0.1) is 11.3 Å². The van der Waals surface area contributed by atoms with E-state index in [1.165, 1.54) is 11.3 Å². The van der Waals surface area contributed by atoms with Crippen LogP contribution in [0.15, 0.2) is 47.8 Å². The molecule has 2 aromatic heterocycles. The third kappa shape index (κ3) is 3.64. The number of thiophene rings is 1. The number of nitrogens with one attached hydrogen (secondary N) is 2. The fourth-order valence-electron chi connectivity index (χ4n) is 3.23. The van der Waals surface area contributed by atoms with Crippen LogP contribution in [0.2, 0.25) is 5.02 Å². The Morgan fingerprint density at radius 3 is 2.48 bits per heavy atom. The number of carbonyl (C=O) groups is 2. The number of aromatic nitrogens is 1. The van der Waals surface area contributed by atoms with Crippen LogP contribution in [-0.2, 0) is 0 Å². The molecule has 0 unspecified atom stereocenters. The van der Waals surface area contributed by atoms with Crippen molar-refractivity contribution < 1.29 is 14.7 Å². The number of rotatable bonds is 4. The molecule has 1 amide bonds. The van der Waals surface area contributed by atoms with Crippen LogP contribution < -0.4 is 5.32 Å². The highest BCUT2D eigenvalue weighted by molar-refractivity contribution is 7.15. The molecule has 2 aromatic carbocycles. The summed E-state index contributed by atoms with van der Waals surface area (Å²) in [6.45, 7) is 3.89. The molecule has 29 heavy (non-hydrogen) atoms. The number of fused-ring (bicyclic) bond motifs is 1. The minimum absolute atomic E-state index is 0.0807. The second-order valence-electron chi connectivity index (χ2n) is 6.87. The number of aromatic carboxylic acids is 1. The molecule has 4 aromatic rings. The van der Waals surface area contributed by atoms with Crippen molar-refractivity contribution >= 4 is 50.7 Å². The van der Waals surface area contributed by atoms with Gasteiger partial charge in [-0.05, 0) is 43.2 Å². The first kappa shape index (κ1) is 19.2. The van der Waals surface area contributed by atoms with Crippen molar-refractivity contribution in [3.05, 3.63) is 75.3 Å². The lowest BCUT2D eigenvalue weighted by Gasteiger charge is -2.05. The second kappa shape index (κ2) is 7.39. The maximum absolute atomic E-state index is 12.8. The van der Waals surface area contributed by atoms with Crippen molar-refractivity contribution in [2.75, 3.05) is 5.32 Å². The van der Waals surface area contributed by atoms with Gasteiger partial charge in [-0.3, -0.25) is 4.79 Å². The maximum atomic E-state index is 12.8. The quantitative estimate of drug-likeness (QED) is 0.369. The molecule has 3 N–H and O–H groups in total. The zero-order chi connectivity index (χ0) is 20.7. The normalized spacial score (nSPS) is 11.0. The Hall–Kier alpha value is -3.09. The van der Waals surface area contributed by atoms with E-state index in [1.54, 1.807) is 11.4 Å². The van der Waals surface area contributed by atoms with Crippen LogP contribution in [0.1, 0.15) is 32.0 Å². The molecule has 0 aliphatic carbocycles. The van der Waals surface area contributed by atoms with Crippen molar-refractivity contribution in [3.63, 3.8) is 0 Å². The number of aryl methyl sites for hydroxylation is 2. The first-order valence-electron chi connectivity index (χ1n) is 8.85. The van der Waals surface area contributed by atoms with Gasteiger partial charge in [-0.1, -0.05) is 41.4 Å². The van der Waals surface area contributed by atoms with Crippen LogP contribution in [0.5, 0.6) is 0 Å². The van der Waals surface area contributed by atoms with Gasteiger partial charge in [0.25, 0.3) is 5.91 Å². The maximum Gasteiger partial charge on any atom is 0.339 e. The van der Waals surface area contributed by atoms with Gasteiger partial charge < -0.3 is 15.4 Å². The number of benzene rings is 2. The lowest BCUT2D eigenvalue weighted by atomic mass is 10.0. The highest BCUT2D eigenvalue weighted by atomic mass is 35.5. The Balaban J connectivity index is 1.69. The molecular formula is C22H17ClN2O3S. The molecule has 0 radical (unpaired) electrons. The lowest BCUT2D eigenvalue weighted by molar-refractivity contribution is 0.0699. The summed E-state index contributed by atoms with van der Waals surface area (Å²) in [5, 5.41) is 15.8. The van der Waals surface area contributed by atoms with Crippen LogP contribution in [-0.4, -0.2) is 22.0 Å². The summed E-state index contributed by atoms with van der Waals surface area (Å²) in [5.74, 6) is -1.51. The average molecular weight is 425 g/mol. The Morgan fingerprint density at radius 2 is 1.79 bits per heavy atom. The molecule has 0 bridgehead atoms. The molecule has 0 spiro atoms. The highest BCUT2D eigenvalue weighted by Crippen LogP contribution is 2.36. The molecule has 0 saturated heterocycles. The van der Waals surface area contributed by atoms with E-state index in [-0.39, 0.29) is 5.56 Å². The largest absolute Gasteiger partial charge is 0.478 e. The molecule has 2 heterocycles. The van der Waals surface area contributed by atoms with Crippen molar-refractivity contribution in [3.8, 4) is 11.1 Å². The van der Waals surface area contributed by atoms with Crippen LogP contribution in [0.3, 0.4) is 0 Å². The zero-order valence-electron chi connectivity index (χ0n) is 15.7. The van der Waals surface area contributed by atoms with Gasteiger partial charge in [-0.25, -0.2) is 4.79 Å². The van der Waals surface area contributed by atoms with Crippen LogP contribution in [0.25, 0.3) is 22.0 Å². The fourth-order valence-corrected chi connectivity index (χ4v) is 4.51. The molecule has 146 valence electrons. The van der Waals surface area contributed by atoms with Crippen LogP contribution >= 0.6 is 22.9 Å². The smallest absolute Gasteiger partial charge is 0.339 e. The minimum Gasteiger partial charge on any atom is -0.478 e. The third-order valence-corrected chi connectivity index (χ3v) is 5.88. The first-order valence-corrected chi connectivity index (χ1v) is 10.1. The van der Waals surface area contributed by atoms with E-state index < -0.39 is 11.9 Å². The summed E-state index contributed by atoms with van der Waals surface area (Å²) in [4.78, 5) is 27.7. The Bertz CT molecular complexity index is 1260.